The highest BCUT2D eigenvalue weighted by Crippen LogP contribution is 2.37. The van der Waals surface area contributed by atoms with Gasteiger partial charge in [-0.05, 0) is 78.7 Å². The third-order valence-electron chi connectivity index (χ3n) is 6.50. The second-order valence-electron chi connectivity index (χ2n) is 9.02. The molecule has 0 spiro atoms. The zero-order valence-corrected chi connectivity index (χ0v) is 20.2. The molecule has 0 bridgehead atoms. The van der Waals surface area contributed by atoms with Crippen molar-refractivity contribution in [2.75, 3.05) is 0 Å². The van der Waals surface area contributed by atoms with Gasteiger partial charge in [0.15, 0.2) is 5.67 Å². The second-order valence-corrected chi connectivity index (χ2v) is 9.02. The maximum atomic E-state index is 15.9. The van der Waals surface area contributed by atoms with E-state index < -0.39 is 29.5 Å². The molecular weight excluding hydrogens is 507 g/mol. The van der Waals surface area contributed by atoms with E-state index in [4.69, 9.17) is 9.47 Å². The minimum Gasteiger partial charge on any atom is -0.457 e. The van der Waals surface area contributed by atoms with Crippen LogP contribution >= 0.6 is 0 Å². The van der Waals surface area contributed by atoms with Crippen LogP contribution in [0.3, 0.4) is 0 Å². The Morgan fingerprint density at radius 1 is 0.513 bits per heavy atom. The fourth-order valence-electron chi connectivity index (χ4n) is 4.37. The number of halogens is 1. The van der Waals surface area contributed by atoms with Gasteiger partial charge in [-0.1, -0.05) is 24.3 Å². The first-order valence-electron chi connectivity index (χ1n) is 11.8. The van der Waals surface area contributed by atoms with Gasteiger partial charge in [0.05, 0.1) is 22.3 Å². The first kappa shape index (κ1) is 24.1. The van der Waals surface area contributed by atoms with Crippen molar-refractivity contribution in [1.82, 2.24) is 0 Å². The molecular formula is C30H17FO8. The molecule has 0 unspecified atom stereocenters. The van der Waals surface area contributed by atoms with Crippen molar-refractivity contribution in [3.05, 3.63) is 118 Å². The zero-order chi connectivity index (χ0) is 27.3. The first-order valence-corrected chi connectivity index (χ1v) is 11.8. The Kier molecular flexibility index (Phi) is 5.50. The molecule has 0 fully saturated rings. The summed E-state index contributed by atoms with van der Waals surface area (Å²) in [5, 5.41) is 0. The van der Waals surface area contributed by atoms with Crippen LogP contribution in [-0.2, 0) is 15.1 Å². The van der Waals surface area contributed by atoms with Gasteiger partial charge < -0.3 is 18.9 Å². The van der Waals surface area contributed by atoms with Crippen LogP contribution in [0, 0.1) is 0 Å². The summed E-state index contributed by atoms with van der Waals surface area (Å²) in [5.74, 6) is -1.35. The number of cyclic esters (lactones) is 4. The number of fused-ring (bicyclic) bond motifs is 2. The molecule has 0 aromatic heterocycles. The Morgan fingerprint density at radius 2 is 0.846 bits per heavy atom. The van der Waals surface area contributed by atoms with Gasteiger partial charge in [0.1, 0.15) is 23.0 Å². The zero-order valence-electron chi connectivity index (χ0n) is 20.2. The molecule has 0 saturated heterocycles. The Balaban J connectivity index is 1.15. The lowest BCUT2D eigenvalue weighted by atomic mass is 9.90. The number of benzene rings is 4. The topological polar surface area (TPSA) is 105 Å². The summed E-state index contributed by atoms with van der Waals surface area (Å²) in [4.78, 5) is 46.7. The monoisotopic (exact) mass is 524 g/mol. The molecule has 2 aliphatic heterocycles. The van der Waals surface area contributed by atoms with Crippen LogP contribution in [0.5, 0.6) is 23.0 Å². The lowest BCUT2D eigenvalue weighted by molar-refractivity contribution is 0.0425. The van der Waals surface area contributed by atoms with E-state index in [1.807, 2.05) is 0 Å². The summed E-state index contributed by atoms with van der Waals surface area (Å²) in [6.45, 7) is 1.44. The van der Waals surface area contributed by atoms with Gasteiger partial charge in [0, 0.05) is 0 Å². The van der Waals surface area contributed by atoms with E-state index in [1.165, 1.54) is 31.2 Å². The molecule has 2 aliphatic rings. The van der Waals surface area contributed by atoms with E-state index in [0.29, 0.717) is 34.1 Å². The van der Waals surface area contributed by atoms with Crippen molar-refractivity contribution in [1.29, 1.82) is 0 Å². The van der Waals surface area contributed by atoms with Gasteiger partial charge in [-0.15, -0.1) is 0 Å². The lowest BCUT2D eigenvalue weighted by Crippen LogP contribution is -2.16. The minimum atomic E-state index is -1.84. The van der Waals surface area contributed by atoms with Gasteiger partial charge in [-0.25, -0.2) is 23.6 Å². The van der Waals surface area contributed by atoms with E-state index in [-0.39, 0.29) is 22.3 Å². The highest BCUT2D eigenvalue weighted by Gasteiger charge is 2.32. The Morgan fingerprint density at radius 3 is 1.23 bits per heavy atom. The maximum Gasteiger partial charge on any atom is 0.347 e. The number of ether oxygens (including phenoxy) is 4. The molecule has 6 rings (SSSR count). The van der Waals surface area contributed by atoms with Gasteiger partial charge in [-0.3, -0.25) is 0 Å². The SMILES string of the molecule is CC(F)(c1ccc(Oc2ccc3c(c2)C(=O)OC3=O)cc1)c1ccc(Oc2ccc3c(c2)C(=O)OC3=O)cc1. The molecule has 4 aromatic rings. The van der Waals surface area contributed by atoms with Crippen LogP contribution in [0.2, 0.25) is 0 Å². The van der Waals surface area contributed by atoms with E-state index in [1.54, 1.807) is 60.7 Å². The summed E-state index contributed by atoms with van der Waals surface area (Å²) in [6, 6.07) is 21.6. The number of hydrogen-bond donors (Lipinski definition) is 0. The van der Waals surface area contributed by atoms with Crippen molar-refractivity contribution in [2.24, 2.45) is 0 Å². The fraction of sp³-hybridized carbons (Fsp3) is 0.0667. The number of hydrogen-bond acceptors (Lipinski definition) is 8. The van der Waals surface area contributed by atoms with Crippen LogP contribution in [0.1, 0.15) is 59.5 Å². The number of alkyl halides is 1. The largest absolute Gasteiger partial charge is 0.457 e. The van der Waals surface area contributed by atoms with E-state index in [0.717, 1.165) is 0 Å². The molecule has 4 aromatic carbocycles. The van der Waals surface area contributed by atoms with Crippen LogP contribution in [0.15, 0.2) is 84.9 Å². The standard InChI is InChI=1S/C30H17FO8/c1-30(31,16-2-6-18(7-3-16)36-20-10-12-22-24(14-20)28(34)38-26(22)32)17-4-8-19(9-5-17)37-21-11-13-23-25(15-21)29(35)39-27(23)33/h2-15H,1H3. The van der Waals surface area contributed by atoms with Crippen LogP contribution in [-0.4, -0.2) is 23.9 Å². The average molecular weight is 524 g/mol. The predicted molar refractivity (Wildman–Crippen MR) is 133 cm³/mol. The highest BCUT2D eigenvalue weighted by molar-refractivity contribution is 6.15. The van der Waals surface area contributed by atoms with Crippen LogP contribution < -0.4 is 9.47 Å². The molecule has 0 amide bonds. The molecule has 39 heavy (non-hydrogen) atoms. The molecule has 192 valence electrons. The summed E-state index contributed by atoms with van der Waals surface area (Å²) in [6.07, 6.45) is 0. The number of carbonyl (C=O) groups is 4. The normalized spacial score (nSPS) is 14.0. The van der Waals surface area contributed by atoms with Crippen molar-refractivity contribution >= 4 is 23.9 Å². The van der Waals surface area contributed by atoms with Crippen LogP contribution in [0.4, 0.5) is 4.39 Å². The summed E-state index contributed by atoms with van der Waals surface area (Å²) in [5.41, 5.74) is -0.450. The highest BCUT2D eigenvalue weighted by atomic mass is 19.1. The number of rotatable bonds is 6. The molecule has 9 heteroatoms. The third kappa shape index (κ3) is 4.29. The van der Waals surface area contributed by atoms with Gasteiger partial charge in [0.25, 0.3) is 0 Å². The quantitative estimate of drug-likeness (QED) is 0.219. The van der Waals surface area contributed by atoms with Gasteiger partial charge in [0.2, 0.25) is 0 Å². The maximum absolute atomic E-state index is 15.9. The first-order chi connectivity index (χ1) is 18.7. The summed E-state index contributed by atoms with van der Waals surface area (Å²) < 4.78 is 36.6. The Bertz CT molecular complexity index is 1560. The molecule has 0 atom stereocenters. The Hall–Kier alpha value is -5.31. The third-order valence-corrected chi connectivity index (χ3v) is 6.50. The van der Waals surface area contributed by atoms with E-state index in [2.05, 4.69) is 9.47 Å². The van der Waals surface area contributed by atoms with Gasteiger partial charge >= 0.3 is 23.9 Å². The lowest BCUT2D eigenvalue weighted by Gasteiger charge is -2.22. The Labute approximate surface area is 220 Å². The van der Waals surface area contributed by atoms with Crippen molar-refractivity contribution in [3.8, 4) is 23.0 Å². The summed E-state index contributed by atoms with van der Waals surface area (Å²) >= 11 is 0. The molecule has 0 saturated carbocycles. The second kappa shape index (κ2) is 8.91. The fourth-order valence-corrected chi connectivity index (χ4v) is 4.37. The average Bonchev–Trinajstić information content (AvgIpc) is 3.37. The van der Waals surface area contributed by atoms with Crippen molar-refractivity contribution in [2.45, 2.75) is 12.6 Å². The molecule has 0 N–H and O–H groups in total. The van der Waals surface area contributed by atoms with E-state index in [9.17, 15) is 19.2 Å². The molecule has 8 nitrogen and oxygen atoms in total. The van der Waals surface area contributed by atoms with Gasteiger partial charge in [-0.2, -0.15) is 0 Å². The number of esters is 4. The minimum absolute atomic E-state index is 0.131. The van der Waals surface area contributed by atoms with Crippen molar-refractivity contribution in [3.63, 3.8) is 0 Å². The van der Waals surface area contributed by atoms with Crippen molar-refractivity contribution < 1.29 is 42.5 Å². The molecule has 2 heterocycles. The van der Waals surface area contributed by atoms with Crippen LogP contribution in [0.25, 0.3) is 0 Å². The predicted octanol–water partition coefficient (Wildman–Crippen LogP) is 6.13. The smallest absolute Gasteiger partial charge is 0.347 e. The number of carbonyl (C=O) groups excluding carboxylic acids is 4. The van der Waals surface area contributed by atoms with E-state index >= 15 is 4.39 Å². The molecule has 0 aliphatic carbocycles. The summed E-state index contributed by atoms with van der Waals surface area (Å²) in [7, 11) is 0. The molecule has 0 radical (unpaired) electrons.